The van der Waals surface area contributed by atoms with Crippen molar-refractivity contribution in [3.63, 3.8) is 0 Å². The van der Waals surface area contributed by atoms with Crippen LogP contribution in [0.5, 0.6) is 5.75 Å². The van der Waals surface area contributed by atoms with Crippen LogP contribution < -0.4 is 9.64 Å². The van der Waals surface area contributed by atoms with Crippen molar-refractivity contribution in [1.82, 2.24) is 4.98 Å². The Morgan fingerprint density at radius 3 is 2.67 bits per heavy atom. The number of anilines is 1. The maximum atomic E-state index is 13.5. The van der Waals surface area contributed by atoms with E-state index in [2.05, 4.69) is 18.5 Å². The highest BCUT2D eigenvalue weighted by Crippen LogP contribution is 2.44. The van der Waals surface area contributed by atoms with Gasteiger partial charge in [0.05, 0.1) is 23.9 Å². The van der Waals surface area contributed by atoms with Gasteiger partial charge in [0.2, 0.25) is 0 Å². The Bertz CT molecular complexity index is 1450. The molecule has 1 unspecified atom stereocenters. The first-order chi connectivity index (χ1) is 18.8. The molecule has 8 nitrogen and oxygen atoms in total. The number of ether oxygens (including phenoxy) is 2. The topological polar surface area (TPSA) is 106 Å². The highest BCUT2D eigenvalue weighted by Gasteiger charge is 2.48. The number of aryl methyl sites for hydroxylation is 1. The lowest BCUT2D eigenvalue weighted by Gasteiger charge is -2.23. The number of rotatable bonds is 10. The third-order valence-electron chi connectivity index (χ3n) is 6.01. The summed E-state index contributed by atoms with van der Waals surface area (Å²) >= 11 is 6.94. The number of aliphatic hydroxyl groups excluding tert-OH is 1. The predicted octanol–water partition coefficient (Wildman–Crippen LogP) is 6.25. The number of halogens is 1. The minimum atomic E-state index is -1.03. The van der Waals surface area contributed by atoms with Gasteiger partial charge in [0, 0.05) is 10.6 Å². The highest BCUT2D eigenvalue weighted by molar-refractivity contribution is 7.17. The summed E-state index contributed by atoms with van der Waals surface area (Å²) in [6, 6.07) is 12.3. The van der Waals surface area contributed by atoms with Crippen LogP contribution in [0.3, 0.4) is 0 Å². The molecule has 1 amide bonds. The average Bonchev–Trinajstić information content (AvgIpc) is 3.44. The van der Waals surface area contributed by atoms with Crippen molar-refractivity contribution in [2.45, 2.75) is 32.7 Å². The number of ketones is 1. The van der Waals surface area contributed by atoms with E-state index in [1.807, 2.05) is 0 Å². The number of amides is 1. The summed E-state index contributed by atoms with van der Waals surface area (Å²) in [5, 5.41) is 11.9. The number of hydrogen-bond donors (Lipinski definition) is 1. The van der Waals surface area contributed by atoms with E-state index in [1.54, 1.807) is 55.5 Å². The number of nitrogens with zero attached hydrogens (tertiary/aromatic N) is 2. The fourth-order valence-electron chi connectivity index (χ4n) is 4.09. The van der Waals surface area contributed by atoms with E-state index >= 15 is 0 Å². The highest BCUT2D eigenvalue weighted by atomic mass is 35.5. The molecule has 1 N–H and O–H groups in total. The monoisotopic (exact) mass is 566 g/mol. The van der Waals surface area contributed by atoms with Crippen molar-refractivity contribution in [1.29, 1.82) is 0 Å². The number of benzene rings is 2. The summed E-state index contributed by atoms with van der Waals surface area (Å²) in [4.78, 5) is 45.3. The first kappa shape index (κ1) is 28.1. The van der Waals surface area contributed by atoms with E-state index in [4.69, 9.17) is 21.1 Å². The summed E-state index contributed by atoms with van der Waals surface area (Å²) in [5.41, 5.74) is 1.08. The quantitative estimate of drug-likeness (QED) is 0.0771. The number of carbonyl (C=O) groups excluding carboxylic acids is 3. The van der Waals surface area contributed by atoms with Crippen molar-refractivity contribution in [3.8, 4) is 5.75 Å². The second kappa shape index (κ2) is 12.3. The lowest BCUT2D eigenvalue weighted by atomic mass is 9.95. The Balaban J connectivity index is 1.86. The van der Waals surface area contributed by atoms with Gasteiger partial charge in [-0.2, -0.15) is 0 Å². The smallest absolute Gasteiger partial charge is 0.350 e. The number of thiazole rings is 1. The molecule has 0 radical (unpaired) electrons. The van der Waals surface area contributed by atoms with Crippen LogP contribution in [0.1, 0.15) is 52.3 Å². The second-order valence-electron chi connectivity index (χ2n) is 8.75. The zero-order valence-electron chi connectivity index (χ0n) is 21.5. The van der Waals surface area contributed by atoms with Crippen molar-refractivity contribution < 1.29 is 29.0 Å². The molecule has 0 spiro atoms. The molecule has 4 rings (SSSR count). The minimum absolute atomic E-state index is 0.0158. The Labute approximate surface area is 235 Å². The predicted molar refractivity (Wildman–Crippen MR) is 150 cm³/mol. The van der Waals surface area contributed by atoms with E-state index in [0.29, 0.717) is 34.2 Å². The average molecular weight is 567 g/mol. The van der Waals surface area contributed by atoms with Crippen molar-refractivity contribution in [3.05, 3.63) is 93.5 Å². The zero-order valence-corrected chi connectivity index (χ0v) is 23.1. The lowest BCUT2D eigenvalue weighted by molar-refractivity contribution is -0.132. The maximum Gasteiger partial charge on any atom is 0.350 e. The fourth-order valence-corrected chi connectivity index (χ4v) is 5.21. The Kier molecular flexibility index (Phi) is 8.83. The third kappa shape index (κ3) is 5.89. The van der Waals surface area contributed by atoms with Gasteiger partial charge in [-0.3, -0.25) is 14.5 Å². The molecule has 0 saturated carbocycles. The molecule has 1 aliphatic rings. The number of Topliss-reactive ketones (excluding diaryl/α,β-unsaturated/α-hetero) is 1. The molecule has 1 saturated heterocycles. The normalized spacial score (nSPS) is 16.4. The molecule has 2 heterocycles. The van der Waals surface area contributed by atoms with Crippen LogP contribution in [0.15, 0.2) is 66.8 Å². The summed E-state index contributed by atoms with van der Waals surface area (Å²) in [6.45, 7) is 7.73. The standard InChI is InChI=1S/C29H27ClN2O6S/c1-4-6-15-37-21-9-7-8-19(16-21)23-22(24(33)18-10-12-20(30)13-11-18)25(34)27(35)32(23)29-31-17(3)26(39-29)28(36)38-14-5-2/h5,7-13,16,23,33H,2,4,6,14-15H2,1,3H3. The van der Waals surface area contributed by atoms with Crippen molar-refractivity contribution >= 4 is 51.5 Å². The van der Waals surface area contributed by atoms with Crippen LogP contribution in [0.25, 0.3) is 5.76 Å². The number of hydrogen-bond acceptors (Lipinski definition) is 8. The van der Waals surface area contributed by atoms with Gasteiger partial charge < -0.3 is 14.6 Å². The summed E-state index contributed by atoms with van der Waals surface area (Å²) < 4.78 is 11.0. The molecule has 2 aromatic carbocycles. The van der Waals surface area contributed by atoms with Gasteiger partial charge in [-0.1, -0.05) is 61.1 Å². The zero-order chi connectivity index (χ0) is 28.1. The second-order valence-corrected chi connectivity index (χ2v) is 10.2. The van der Waals surface area contributed by atoms with E-state index < -0.39 is 23.7 Å². The van der Waals surface area contributed by atoms with Gasteiger partial charge in [0.15, 0.2) is 5.13 Å². The third-order valence-corrected chi connectivity index (χ3v) is 7.40. The lowest BCUT2D eigenvalue weighted by Crippen LogP contribution is -2.29. The number of carbonyl (C=O) groups is 3. The fraction of sp³-hybridized carbons (Fsp3) is 0.241. The van der Waals surface area contributed by atoms with Gasteiger partial charge in [-0.05, 0) is 55.3 Å². The van der Waals surface area contributed by atoms with Crippen LogP contribution in [-0.4, -0.2) is 41.0 Å². The molecule has 1 atom stereocenters. The van der Waals surface area contributed by atoms with Crippen LogP contribution in [-0.2, 0) is 14.3 Å². The summed E-state index contributed by atoms with van der Waals surface area (Å²) in [7, 11) is 0. The van der Waals surface area contributed by atoms with Crippen LogP contribution >= 0.6 is 22.9 Å². The van der Waals surface area contributed by atoms with Crippen molar-refractivity contribution in [2.75, 3.05) is 18.1 Å². The molecule has 3 aromatic rings. The number of esters is 1. The largest absolute Gasteiger partial charge is 0.507 e. The molecule has 1 aliphatic heterocycles. The van der Waals surface area contributed by atoms with E-state index in [9.17, 15) is 19.5 Å². The van der Waals surface area contributed by atoms with E-state index in [-0.39, 0.29) is 27.9 Å². The van der Waals surface area contributed by atoms with Gasteiger partial charge in [-0.15, -0.1) is 0 Å². The van der Waals surface area contributed by atoms with Crippen LogP contribution in [0, 0.1) is 6.92 Å². The number of aliphatic hydroxyl groups is 1. The van der Waals surface area contributed by atoms with Gasteiger partial charge in [0.1, 0.15) is 23.0 Å². The first-order valence-electron chi connectivity index (χ1n) is 12.3. The molecule has 10 heteroatoms. The molecule has 39 heavy (non-hydrogen) atoms. The summed E-state index contributed by atoms with van der Waals surface area (Å²) in [6.07, 6.45) is 3.27. The molecule has 0 aliphatic carbocycles. The Morgan fingerprint density at radius 1 is 1.23 bits per heavy atom. The molecular formula is C29H27ClN2O6S. The molecular weight excluding hydrogens is 540 g/mol. The number of aromatic nitrogens is 1. The first-order valence-corrected chi connectivity index (χ1v) is 13.5. The Morgan fingerprint density at radius 2 is 1.97 bits per heavy atom. The SMILES string of the molecule is C=CCOC(=O)c1sc(N2C(=O)C(=O)C(=C(O)c3ccc(Cl)cc3)C2c2cccc(OCCCC)c2)nc1C. The molecule has 0 bridgehead atoms. The molecule has 202 valence electrons. The van der Waals surface area contributed by atoms with Crippen LogP contribution in [0.4, 0.5) is 5.13 Å². The number of unbranched alkanes of at least 4 members (excludes halogenated alkanes) is 1. The molecule has 1 aromatic heterocycles. The van der Waals surface area contributed by atoms with Gasteiger partial charge >= 0.3 is 11.9 Å². The Hall–Kier alpha value is -3.95. The van der Waals surface area contributed by atoms with Crippen LogP contribution in [0.2, 0.25) is 5.02 Å². The minimum Gasteiger partial charge on any atom is -0.507 e. The van der Waals surface area contributed by atoms with Gasteiger partial charge in [0.25, 0.3) is 5.78 Å². The maximum absolute atomic E-state index is 13.5. The van der Waals surface area contributed by atoms with E-state index in [0.717, 1.165) is 24.2 Å². The summed E-state index contributed by atoms with van der Waals surface area (Å²) in [5.74, 6) is -2.17. The van der Waals surface area contributed by atoms with E-state index in [1.165, 1.54) is 11.0 Å². The van der Waals surface area contributed by atoms with Gasteiger partial charge in [-0.25, -0.2) is 9.78 Å². The molecule has 1 fully saturated rings. The van der Waals surface area contributed by atoms with Crippen molar-refractivity contribution in [2.24, 2.45) is 0 Å².